The summed E-state index contributed by atoms with van der Waals surface area (Å²) < 4.78 is 5.04. The molecule has 0 bridgehead atoms. The van der Waals surface area contributed by atoms with E-state index in [0.717, 1.165) is 0 Å². The van der Waals surface area contributed by atoms with Gasteiger partial charge in [-0.3, -0.25) is 4.79 Å². The molecule has 0 aliphatic heterocycles. The van der Waals surface area contributed by atoms with E-state index in [2.05, 4.69) is 15.5 Å². The van der Waals surface area contributed by atoms with Crippen molar-refractivity contribution in [2.45, 2.75) is 19.4 Å². The molecular weight excluding hydrogens is 182 g/mol. The van der Waals surface area contributed by atoms with Crippen LogP contribution in [0.15, 0.2) is 17.1 Å². The predicted octanol–water partition coefficient (Wildman–Crippen LogP) is 0.607. The van der Waals surface area contributed by atoms with E-state index in [1.165, 1.54) is 6.07 Å². The molecule has 14 heavy (non-hydrogen) atoms. The van der Waals surface area contributed by atoms with E-state index < -0.39 is 0 Å². The number of nitrogens with zero attached hydrogens (tertiary/aromatic N) is 1. The molecule has 78 valence electrons. The number of hydrogen-bond acceptors (Lipinski definition) is 4. The Hall–Kier alpha value is -1.36. The molecule has 2 N–H and O–H groups in total. The Morgan fingerprint density at radius 3 is 2.93 bits per heavy atom. The zero-order chi connectivity index (χ0) is 10.6. The third-order valence-electron chi connectivity index (χ3n) is 1.65. The maximum Gasteiger partial charge on any atom is 0.266 e. The molecule has 5 heteroatoms. The Labute approximate surface area is 82.5 Å². The average molecular weight is 197 g/mol. The van der Waals surface area contributed by atoms with Gasteiger partial charge in [0, 0.05) is 13.2 Å². The molecule has 1 aromatic rings. The number of methoxy groups -OCH3 is 1. The summed E-state index contributed by atoms with van der Waals surface area (Å²) >= 11 is 0. The van der Waals surface area contributed by atoms with Crippen LogP contribution in [0.3, 0.4) is 0 Å². The highest BCUT2D eigenvalue weighted by molar-refractivity contribution is 5.41. The van der Waals surface area contributed by atoms with Crippen LogP contribution >= 0.6 is 0 Å². The molecule has 0 fully saturated rings. The van der Waals surface area contributed by atoms with Gasteiger partial charge in [-0.25, -0.2) is 5.10 Å². The Balaban J connectivity index is 2.73. The topological polar surface area (TPSA) is 67.0 Å². The summed E-state index contributed by atoms with van der Waals surface area (Å²) in [6.45, 7) is 4.52. The molecule has 1 aromatic heterocycles. The van der Waals surface area contributed by atoms with E-state index in [-0.39, 0.29) is 11.1 Å². The monoisotopic (exact) mass is 197 g/mol. The van der Waals surface area contributed by atoms with Crippen LogP contribution in [-0.4, -0.2) is 29.5 Å². The summed E-state index contributed by atoms with van der Waals surface area (Å²) in [5, 5.41) is 9.15. The molecule has 0 aromatic carbocycles. The van der Waals surface area contributed by atoms with Gasteiger partial charge in [0.05, 0.1) is 24.0 Å². The van der Waals surface area contributed by atoms with Gasteiger partial charge in [0.1, 0.15) is 0 Å². The van der Waals surface area contributed by atoms with Crippen LogP contribution in [0.2, 0.25) is 0 Å². The summed E-state index contributed by atoms with van der Waals surface area (Å²) in [4.78, 5) is 10.9. The summed E-state index contributed by atoms with van der Waals surface area (Å²) in [5.41, 5.74) is 0.253. The quantitative estimate of drug-likeness (QED) is 0.742. The SMILES string of the molecule is COCC(C)(C)Nc1cn[nH]c(=O)c1. The van der Waals surface area contributed by atoms with Crippen molar-refractivity contribution in [2.75, 3.05) is 19.0 Å². The summed E-state index contributed by atoms with van der Waals surface area (Å²) in [7, 11) is 1.64. The molecule has 0 unspecified atom stereocenters. The zero-order valence-corrected chi connectivity index (χ0v) is 8.63. The first-order valence-electron chi connectivity index (χ1n) is 4.35. The van der Waals surface area contributed by atoms with Gasteiger partial charge in [-0.05, 0) is 13.8 Å². The molecule has 0 spiro atoms. The molecule has 0 radical (unpaired) electrons. The number of aromatic nitrogens is 2. The van der Waals surface area contributed by atoms with Gasteiger partial charge in [-0.15, -0.1) is 0 Å². The Morgan fingerprint density at radius 2 is 2.36 bits per heavy atom. The van der Waals surface area contributed by atoms with Crippen LogP contribution in [-0.2, 0) is 4.74 Å². The molecule has 0 amide bonds. The fraction of sp³-hybridized carbons (Fsp3) is 0.556. The first-order chi connectivity index (χ1) is 6.53. The first kappa shape index (κ1) is 10.7. The number of ether oxygens (including phenoxy) is 1. The standard InChI is InChI=1S/C9H15N3O2/c1-9(2,6-14-3)11-7-4-8(13)12-10-5-7/h4-5H,6H2,1-3H3,(H2,11,12,13). The minimum Gasteiger partial charge on any atom is -0.382 e. The fourth-order valence-electron chi connectivity index (χ4n) is 1.23. The second-order valence-electron chi connectivity index (χ2n) is 3.78. The van der Waals surface area contributed by atoms with Crippen molar-refractivity contribution in [3.05, 3.63) is 22.6 Å². The third kappa shape index (κ3) is 3.18. The molecule has 0 aliphatic carbocycles. The van der Waals surface area contributed by atoms with Crippen molar-refractivity contribution in [3.63, 3.8) is 0 Å². The third-order valence-corrected chi connectivity index (χ3v) is 1.65. The van der Waals surface area contributed by atoms with Gasteiger partial charge in [-0.2, -0.15) is 5.10 Å². The van der Waals surface area contributed by atoms with Gasteiger partial charge in [0.15, 0.2) is 0 Å². The normalized spacial score (nSPS) is 11.4. The van der Waals surface area contributed by atoms with Gasteiger partial charge >= 0.3 is 0 Å². The molecule has 0 aliphatic rings. The molecule has 1 heterocycles. The minimum absolute atomic E-state index is 0.218. The number of hydrogen-bond donors (Lipinski definition) is 2. The molecule has 5 nitrogen and oxygen atoms in total. The predicted molar refractivity (Wildman–Crippen MR) is 54.4 cm³/mol. The summed E-state index contributed by atoms with van der Waals surface area (Å²) in [5.74, 6) is 0. The number of nitrogens with one attached hydrogen (secondary N) is 2. The van der Waals surface area contributed by atoms with E-state index in [9.17, 15) is 4.79 Å². The van der Waals surface area contributed by atoms with Gasteiger partial charge in [-0.1, -0.05) is 0 Å². The highest BCUT2D eigenvalue weighted by Gasteiger charge is 2.16. The van der Waals surface area contributed by atoms with Crippen LogP contribution in [0.5, 0.6) is 0 Å². The van der Waals surface area contributed by atoms with E-state index in [1.54, 1.807) is 13.3 Å². The lowest BCUT2D eigenvalue weighted by atomic mass is 10.1. The highest BCUT2D eigenvalue weighted by Crippen LogP contribution is 2.11. The molecule has 1 rings (SSSR count). The van der Waals surface area contributed by atoms with Crippen LogP contribution in [0.4, 0.5) is 5.69 Å². The Bertz CT molecular complexity index is 346. The zero-order valence-electron chi connectivity index (χ0n) is 8.63. The number of aromatic amines is 1. The van der Waals surface area contributed by atoms with E-state index in [1.807, 2.05) is 13.8 Å². The van der Waals surface area contributed by atoms with Crippen molar-refractivity contribution < 1.29 is 4.74 Å². The van der Waals surface area contributed by atoms with Crippen LogP contribution in [0.25, 0.3) is 0 Å². The molecule has 0 atom stereocenters. The summed E-state index contributed by atoms with van der Waals surface area (Å²) in [6, 6.07) is 1.46. The summed E-state index contributed by atoms with van der Waals surface area (Å²) in [6.07, 6.45) is 1.57. The number of H-pyrrole nitrogens is 1. The smallest absolute Gasteiger partial charge is 0.266 e. The van der Waals surface area contributed by atoms with Crippen LogP contribution in [0, 0.1) is 0 Å². The lowest BCUT2D eigenvalue weighted by molar-refractivity contribution is 0.158. The molecular formula is C9H15N3O2. The second-order valence-corrected chi connectivity index (χ2v) is 3.78. The van der Waals surface area contributed by atoms with Crippen molar-refractivity contribution >= 4 is 5.69 Å². The van der Waals surface area contributed by atoms with Crippen molar-refractivity contribution in [1.29, 1.82) is 0 Å². The second kappa shape index (κ2) is 4.23. The maximum absolute atomic E-state index is 10.9. The van der Waals surface area contributed by atoms with Crippen LogP contribution in [0.1, 0.15) is 13.8 Å². The number of anilines is 1. The van der Waals surface area contributed by atoms with Crippen molar-refractivity contribution in [2.24, 2.45) is 0 Å². The lowest BCUT2D eigenvalue weighted by Gasteiger charge is -2.26. The van der Waals surface area contributed by atoms with Gasteiger partial charge < -0.3 is 10.1 Å². The van der Waals surface area contributed by atoms with E-state index in [0.29, 0.717) is 12.3 Å². The first-order valence-corrected chi connectivity index (χ1v) is 4.35. The molecule has 0 saturated heterocycles. The van der Waals surface area contributed by atoms with E-state index >= 15 is 0 Å². The Kier molecular flexibility index (Phi) is 3.24. The Morgan fingerprint density at radius 1 is 1.64 bits per heavy atom. The largest absolute Gasteiger partial charge is 0.382 e. The number of rotatable bonds is 4. The highest BCUT2D eigenvalue weighted by atomic mass is 16.5. The van der Waals surface area contributed by atoms with E-state index in [4.69, 9.17) is 4.74 Å². The average Bonchev–Trinajstić information content (AvgIpc) is 2.02. The van der Waals surface area contributed by atoms with Gasteiger partial charge in [0.25, 0.3) is 5.56 Å². The minimum atomic E-state index is -0.219. The van der Waals surface area contributed by atoms with Gasteiger partial charge in [0.2, 0.25) is 0 Å². The van der Waals surface area contributed by atoms with Crippen molar-refractivity contribution in [3.8, 4) is 0 Å². The molecule has 0 saturated carbocycles. The van der Waals surface area contributed by atoms with Crippen LogP contribution < -0.4 is 10.9 Å². The maximum atomic E-state index is 10.9. The van der Waals surface area contributed by atoms with Crippen molar-refractivity contribution in [1.82, 2.24) is 10.2 Å². The lowest BCUT2D eigenvalue weighted by Crippen LogP contribution is -2.36. The fourth-order valence-corrected chi connectivity index (χ4v) is 1.23.